The number of aliphatic hydroxyl groups excluding tert-OH is 2. The maximum absolute atomic E-state index is 12.5. The summed E-state index contributed by atoms with van der Waals surface area (Å²) in [6.07, 6.45) is -0.242. The van der Waals surface area contributed by atoms with E-state index in [1.807, 2.05) is 0 Å². The fourth-order valence-electron chi connectivity index (χ4n) is 2.26. The third kappa shape index (κ3) is 11.0. The van der Waals surface area contributed by atoms with Crippen molar-refractivity contribution in [3.63, 3.8) is 0 Å². The lowest BCUT2D eigenvalue weighted by atomic mass is 10.1. The normalized spacial score (nSPS) is 15.6. The monoisotopic (exact) mass is 466 g/mol. The van der Waals surface area contributed by atoms with Gasteiger partial charge in [0, 0.05) is 6.42 Å². The number of carboxylic acid groups (broad SMARTS) is 2. The van der Waals surface area contributed by atoms with Crippen LogP contribution >= 0.6 is 11.8 Å². The van der Waals surface area contributed by atoms with Crippen molar-refractivity contribution in [2.45, 2.75) is 56.5 Å². The molecule has 0 aromatic rings. The van der Waals surface area contributed by atoms with Crippen LogP contribution in [0.15, 0.2) is 0 Å². The number of hydrogen-bond acceptors (Lipinski definition) is 9. The van der Waals surface area contributed by atoms with Gasteiger partial charge in [0.1, 0.15) is 24.2 Å². The van der Waals surface area contributed by atoms with Crippen LogP contribution in [-0.4, -0.2) is 99.0 Å². The molecular weight excluding hydrogens is 436 g/mol. The van der Waals surface area contributed by atoms with E-state index in [0.29, 0.717) is 5.75 Å². The third-order valence-electron chi connectivity index (χ3n) is 4.14. The second-order valence-electron chi connectivity index (χ2n) is 6.68. The highest BCUT2D eigenvalue weighted by Crippen LogP contribution is 2.05. The van der Waals surface area contributed by atoms with E-state index in [1.165, 1.54) is 18.7 Å². The Labute approximate surface area is 183 Å². The maximum atomic E-state index is 12.5. The standard InChI is InChI=1S/C17H30N4O9S/c1-8(23)13(18)16(28)21-11(7-22)15(27)19-9(3-4-12(24)25)14(26)20-10(17(29)30)5-6-31-2/h8-11,13,22-23H,3-7,18H2,1-2H3,(H,19,27)(H,20,26)(H,21,28)(H,24,25)(H,29,30). The van der Waals surface area contributed by atoms with Crippen LogP contribution in [0.25, 0.3) is 0 Å². The number of aliphatic carboxylic acids is 2. The molecule has 178 valence electrons. The molecule has 0 aliphatic rings. The van der Waals surface area contributed by atoms with Crippen LogP contribution in [0.4, 0.5) is 0 Å². The number of nitrogens with two attached hydrogens (primary N) is 1. The Hall–Kier alpha value is -2.42. The number of rotatable bonds is 15. The van der Waals surface area contributed by atoms with Gasteiger partial charge in [-0.25, -0.2) is 4.79 Å². The van der Waals surface area contributed by atoms with Crippen LogP contribution in [0, 0.1) is 0 Å². The molecule has 9 N–H and O–H groups in total. The molecule has 5 unspecified atom stereocenters. The van der Waals surface area contributed by atoms with Gasteiger partial charge in [0.05, 0.1) is 12.7 Å². The molecule has 0 saturated carbocycles. The van der Waals surface area contributed by atoms with Gasteiger partial charge in [0.25, 0.3) is 0 Å². The average molecular weight is 467 g/mol. The third-order valence-corrected chi connectivity index (χ3v) is 4.79. The fraction of sp³-hybridized carbons (Fsp3) is 0.706. The molecule has 0 radical (unpaired) electrons. The van der Waals surface area contributed by atoms with Crippen molar-refractivity contribution in [2.24, 2.45) is 5.73 Å². The smallest absolute Gasteiger partial charge is 0.326 e. The molecule has 0 rings (SSSR count). The van der Waals surface area contributed by atoms with E-state index in [1.54, 1.807) is 6.26 Å². The first kappa shape index (κ1) is 28.6. The van der Waals surface area contributed by atoms with E-state index in [9.17, 15) is 39.3 Å². The molecular formula is C17H30N4O9S. The van der Waals surface area contributed by atoms with E-state index >= 15 is 0 Å². The predicted octanol–water partition coefficient (Wildman–Crippen LogP) is -3.16. The second-order valence-corrected chi connectivity index (χ2v) is 7.67. The van der Waals surface area contributed by atoms with Crippen LogP contribution in [0.1, 0.15) is 26.2 Å². The van der Waals surface area contributed by atoms with Crippen molar-refractivity contribution in [3.8, 4) is 0 Å². The van der Waals surface area contributed by atoms with Crippen LogP contribution in [0.5, 0.6) is 0 Å². The summed E-state index contributed by atoms with van der Waals surface area (Å²) in [5.74, 6) is -4.98. The van der Waals surface area contributed by atoms with Crippen molar-refractivity contribution in [1.82, 2.24) is 16.0 Å². The van der Waals surface area contributed by atoms with Gasteiger partial charge in [0.2, 0.25) is 17.7 Å². The van der Waals surface area contributed by atoms with Crippen molar-refractivity contribution < 1.29 is 44.4 Å². The topological polar surface area (TPSA) is 228 Å². The largest absolute Gasteiger partial charge is 0.481 e. The predicted molar refractivity (Wildman–Crippen MR) is 110 cm³/mol. The summed E-state index contributed by atoms with van der Waals surface area (Å²) in [5, 5.41) is 43.4. The summed E-state index contributed by atoms with van der Waals surface area (Å²) in [5.41, 5.74) is 5.45. The molecule has 31 heavy (non-hydrogen) atoms. The Kier molecular flexibility index (Phi) is 13.4. The van der Waals surface area contributed by atoms with E-state index in [-0.39, 0.29) is 12.8 Å². The zero-order valence-electron chi connectivity index (χ0n) is 17.2. The number of nitrogens with one attached hydrogen (secondary N) is 3. The van der Waals surface area contributed by atoms with Crippen LogP contribution < -0.4 is 21.7 Å². The SMILES string of the molecule is CSCCC(NC(=O)C(CCC(=O)O)NC(=O)C(CO)NC(=O)C(N)C(C)O)C(=O)O. The molecule has 14 heteroatoms. The number of amides is 3. The van der Waals surface area contributed by atoms with Gasteiger partial charge >= 0.3 is 11.9 Å². The zero-order valence-corrected chi connectivity index (χ0v) is 18.1. The zero-order chi connectivity index (χ0) is 24.1. The van der Waals surface area contributed by atoms with Crippen molar-refractivity contribution >= 4 is 41.4 Å². The Balaban J connectivity index is 5.31. The first-order valence-electron chi connectivity index (χ1n) is 9.33. The van der Waals surface area contributed by atoms with Gasteiger partial charge in [0.15, 0.2) is 0 Å². The van der Waals surface area contributed by atoms with Crippen LogP contribution in [0.3, 0.4) is 0 Å². The minimum absolute atomic E-state index is 0.106. The van der Waals surface area contributed by atoms with Gasteiger partial charge in [-0.05, 0) is 31.8 Å². The van der Waals surface area contributed by atoms with Crippen molar-refractivity contribution in [1.29, 1.82) is 0 Å². The molecule has 0 heterocycles. The molecule has 13 nitrogen and oxygen atoms in total. The summed E-state index contributed by atoms with van der Waals surface area (Å²) >= 11 is 1.37. The number of thioether (sulfide) groups is 1. The van der Waals surface area contributed by atoms with E-state index < -0.39 is 73.0 Å². The van der Waals surface area contributed by atoms with Gasteiger partial charge in [-0.2, -0.15) is 11.8 Å². The number of carbonyl (C=O) groups is 5. The Morgan fingerprint density at radius 2 is 1.42 bits per heavy atom. The molecule has 0 aromatic carbocycles. The van der Waals surface area contributed by atoms with Gasteiger partial charge in [-0.1, -0.05) is 0 Å². The molecule has 3 amide bonds. The Bertz CT molecular complexity index is 647. The van der Waals surface area contributed by atoms with Crippen molar-refractivity contribution in [3.05, 3.63) is 0 Å². The number of carboxylic acids is 2. The number of carbonyl (C=O) groups excluding carboxylic acids is 3. The molecule has 5 atom stereocenters. The molecule has 0 fully saturated rings. The highest BCUT2D eigenvalue weighted by molar-refractivity contribution is 7.98. The number of hydrogen-bond donors (Lipinski definition) is 8. The highest BCUT2D eigenvalue weighted by atomic mass is 32.2. The molecule has 0 aliphatic heterocycles. The first-order chi connectivity index (χ1) is 14.4. The Morgan fingerprint density at radius 3 is 1.87 bits per heavy atom. The fourth-order valence-corrected chi connectivity index (χ4v) is 2.73. The van der Waals surface area contributed by atoms with Gasteiger partial charge in [-0.15, -0.1) is 0 Å². The molecule has 0 saturated heterocycles. The van der Waals surface area contributed by atoms with E-state index in [2.05, 4.69) is 16.0 Å². The summed E-state index contributed by atoms with van der Waals surface area (Å²) in [4.78, 5) is 59.0. The van der Waals surface area contributed by atoms with Gasteiger partial charge < -0.3 is 42.1 Å². The minimum atomic E-state index is -1.54. The highest BCUT2D eigenvalue weighted by Gasteiger charge is 2.30. The number of aliphatic hydroxyl groups is 2. The molecule has 0 bridgehead atoms. The molecule has 0 aromatic heterocycles. The summed E-state index contributed by atoms with van der Waals surface area (Å²) < 4.78 is 0. The summed E-state index contributed by atoms with van der Waals surface area (Å²) in [6, 6.07) is -5.59. The lowest BCUT2D eigenvalue weighted by Gasteiger charge is -2.24. The minimum Gasteiger partial charge on any atom is -0.481 e. The van der Waals surface area contributed by atoms with E-state index in [0.717, 1.165) is 0 Å². The lowest BCUT2D eigenvalue weighted by molar-refractivity contribution is -0.143. The second kappa shape index (κ2) is 14.6. The quantitative estimate of drug-likeness (QED) is 0.120. The maximum Gasteiger partial charge on any atom is 0.326 e. The van der Waals surface area contributed by atoms with Crippen molar-refractivity contribution in [2.75, 3.05) is 18.6 Å². The first-order valence-corrected chi connectivity index (χ1v) is 10.7. The Morgan fingerprint density at radius 1 is 0.903 bits per heavy atom. The molecule has 0 spiro atoms. The van der Waals surface area contributed by atoms with Crippen LogP contribution in [-0.2, 0) is 24.0 Å². The molecule has 0 aliphatic carbocycles. The average Bonchev–Trinajstić information content (AvgIpc) is 2.70. The van der Waals surface area contributed by atoms with E-state index in [4.69, 9.17) is 10.8 Å². The van der Waals surface area contributed by atoms with Crippen LogP contribution in [0.2, 0.25) is 0 Å². The summed E-state index contributed by atoms with van der Waals surface area (Å²) in [7, 11) is 0. The van der Waals surface area contributed by atoms with Gasteiger partial charge in [-0.3, -0.25) is 19.2 Å². The summed E-state index contributed by atoms with van der Waals surface area (Å²) in [6.45, 7) is 0.378. The lowest BCUT2D eigenvalue weighted by Crippen LogP contribution is -2.59.